The van der Waals surface area contributed by atoms with Crippen molar-refractivity contribution in [3.8, 4) is 0 Å². The molecule has 1 aliphatic heterocycles. The lowest BCUT2D eigenvalue weighted by Crippen LogP contribution is -2.58. The maximum atomic E-state index is 14.1. The Morgan fingerprint density at radius 3 is 2.22 bits per heavy atom. The SMILES string of the molecule is CCN(CC)c1cc(N2CCN(CC(=O)[C@@]3(O)CC[C@H]4[C@@H]5CCC6=CC(=O)CC[C@]6(C)C5=CC[C@@]43C)CC2)nc(N(CC)CC)n1.Cl.Cl.O. The molecule has 6 rings (SSSR count). The van der Waals surface area contributed by atoms with Gasteiger partial charge in [-0.15, -0.1) is 24.8 Å². The summed E-state index contributed by atoms with van der Waals surface area (Å²) in [4.78, 5) is 45.2. The highest BCUT2D eigenvalue weighted by Crippen LogP contribution is 2.65. The molecule has 1 aromatic rings. The van der Waals surface area contributed by atoms with Crippen LogP contribution in [0.1, 0.15) is 86.5 Å². The van der Waals surface area contributed by atoms with Gasteiger partial charge in [0.25, 0.3) is 0 Å². The van der Waals surface area contributed by atoms with Crippen molar-refractivity contribution in [2.75, 3.05) is 73.6 Å². The highest BCUT2D eigenvalue weighted by molar-refractivity contribution is 5.92. The molecule has 0 radical (unpaired) electrons. The molecule has 10 nitrogen and oxygen atoms in total. The first kappa shape index (κ1) is 41.2. The second-order valence-electron chi connectivity index (χ2n) is 14.8. The van der Waals surface area contributed by atoms with E-state index >= 15 is 0 Å². The molecular formula is C37H60Cl2N6O4. The Labute approximate surface area is 305 Å². The van der Waals surface area contributed by atoms with Crippen LogP contribution in [0.25, 0.3) is 0 Å². The molecule has 276 valence electrons. The van der Waals surface area contributed by atoms with Crippen molar-refractivity contribution in [3.05, 3.63) is 29.4 Å². The van der Waals surface area contributed by atoms with Gasteiger partial charge in [0.1, 0.15) is 17.2 Å². The predicted octanol–water partition coefficient (Wildman–Crippen LogP) is 5.06. The van der Waals surface area contributed by atoms with Gasteiger partial charge in [-0.2, -0.15) is 9.97 Å². The Kier molecular flexibility index (Phi) is 13.4. The molecule has 0 aromatic carbocycles. The van der Waals surface area contributed by atoms with Gasteiger partial charge < -0.3 is 25.3 Å². The highest BCUT2D eigenvalue weighted by Gasteiger charge is 2.64. The molecule has 1 aromatic heterocycles. The molecule has 0 amide bonds. The molecular weight excluding hydrogens is 663 g/mol. The predicted molar refractivity (Wildman–Crippen MR) is 203 cm³/mol. The number of nitrogens with zero attached hydrogens (tertiary/aromatic N) is 6. The van der Waals surface area contributed by atoms with E-state index in [0.717, 1.165) is 102 Å². The summed E-state index contributed by atoms with van der Waals surface area (Å²) < 4.78 is 0. The number of anilines is 3. The molecule has 0 spiro atoms. The topological polar surface area (TPSA) is 125 Å². The van der Waals surface area contributed by atoms with Crippen LogP contribution >= 0.6 is 24.8 Å². The minimum atomic E-state index is -1.31. The van der Waals surface area contributed by atoms with E-state index in [2.05, 4.69) is 73.3 Å². The molecule has 1 saturated heterocycles. The molecule has 2 heterocycles. The molecule has 0 unspecified atom stereocenters. The zero-order valence-electron chi connectivity index (χ0n) is 30.5. The number of rotatable bonds is 10. The number of aliphatic hydroxyl groups is 1. The fraction of sp³-hybridized carbons (Fsp3) is 0.730. The van der Waals surface area contributed by atoms with Gasteiger partial charge in [-0.1, -0.05) is 31.1 Å². The zero-order valence-corrected chi connectivity index (χ0v) is 32.1. The summed E-state index contributed by atoms with van der Waals surface area (Å²) in [5.74, 6) is 3.61. The van der Waals surface area contributed by atoms with Crippen LogP contribution in [0.3, 0.4) is 0 Å². The fourth-order valence-electron chi connectivity index (χ4n) is 9.73. The van der Waals surface area contributed by atoms with Crippen LogP contribution in [-0.2, 0) is 9.59 Å². The van der Waals surface area contributed by atoms with Gasteiger partial charge in [-0.05, 0) is 84.1 Å². The van der Waals surface area contributed by atoms with Gasteiger partial charge in [0.2, 0.25) is 5.95 Å². The third kappa shape index (κ3) is 7.02. The van der Waals surface area contributed by atoms with Crippen LogP contribution in [0.15, 0.2) is 29.4 Å². The van der Waals surface area contributed by atoms with Crippen molar-refractivity contribution in [3.63, 3.8) is 0 Å². The Morgan fingerprint density at radius 2 is 1.59 bits per heavy atom. The van der Waals surface area contributed by atoms with Crippen molar-refractivity contribution < 1.29 is 20.2 Å². The smallest absolute Gasteiger partial charge is 0.229 e. The Bertz CT molecular complexity index is 1380. The van der Waals surface area contributed by atoms with Crippen LogP contribution < -0.4 is 14.7 Å². The van der Waals surface area contributed by atoms with Crippen LogP contribution in [0.4, 0.5) is 17.6 Å². The van der Waals surface area contributed by atoms with Crippen molar-refractivity contribution in [1.29, 1.82) is 0 Å². The van der Waals surface area contributed by atoms with E-state index in [-0.39, 0.29) is 47.3 Å². The summed E-state index contributed by atoms with van der Waals surface area (Å²) in [6, 6.07) is 2.11. The average Bonchev–Trinajstić information content (AvgIpc) is 3.34. The van der Waals surface area contributed by atoms with Crippen LogP contribution in [-0.4, -0.2) is 102 Å². The number of allylic oxidation sites excluding steroid dienone is 4. The molecule has 3 fully saturated rings. The van der Waals surface area contributed by atoms with Crippen molar-refractivity contribution in [2.45, 2.75) is 92.1 Å². The summed E-state index contributed by atoms with van der Waals surface area (Å²) in [6.07, 6.45) is 9.93. The lowest BCUT2D eigenvalue weighted by atomic mass is 9.50. The van der Waals surface area contributed by atoms with E-state index in [4.69, 9.17) is 9.97 Å². The Balaban J connectivity index is 0.00000217. The fourth-order valence-corrected chi connectivity index (χ4v) is 9.73. The number of hydrogen-bond donors (Lipinski definition) is 1. The van der Waals surface area contributed by atoms with E-state index in [0.29, 0.717) is 31.2 Å². The number of ketones is 2. The van der Waals surface area contributed by atoms with Gasteiger partial charge in [-0.25, -0.2) is 0 Å². The monoisotopic (exact) mass is 722 g/mol. The van der Waals surface area contributed by atoms with E-state index < -0.39 is 11.0 Å². The third-order valence-electron chi connectivity index (χ3n) is 12.8. The first-order valence-corrected chi connectivity index (χ1v) is 18.1. The maximum absolute atomic E-state index is 14.1. The number of halogens is 2. The number of aromatic nitrogens is 2. The lowest BCUT2D eigenvalue weighted by molar-refractivity contribution is -0.154. The minimum Gasteiger partial charge on any atom is -0.412 e. The zero-order chi connectivity index (χ0) is 32.9. The first-order chi connectivity index (χ1) is 22.0. The molecule has 3 N–H and O–H groups in total. The van der Waals surface area contributed by atoms with Gasteiger partial charge in [0.05, 0.1) is 6.54 Å². The molecule has 0 bridgehead atoms. The minimum absolute atomic E-state index is 0. The van der Waals surface area contributed by atoms with Crippen molar-refractivity contribution in [1.82, 2.24) is 14.9 Å². The van der Waals surface area contributed by atoms with E-state index in [1.165, 1.54) is 11.1 Å². The lowest BCUT2D eigenvalue weighted by Gasteiger charge is -2.54. The normalized spacial score (nSPS) is 30.7. The van der Waals surface area contributed by atoms with Gasteiger partial charge >= 0.3 is 0 Å². The highest BCUT2D eigenvalue weighted by atomic mass is 35.5. The van der Waals surface area contributed by atoms with Gasteiger partial charge in [-0.3, -0.25) is 14.5 Å². The molecule has 2 saturated carbocycles. The number of carbonyl (C=O) groups excluding carboxylic acids is 2. The van der Waals surface area contributed by atoms with Crippen molar-refractivity contribution in [2.24, 2.45) is 22.7 Å². The molecule has 5 aliphatic rings. The Morgan fingerprint density at radius 1 is 0.939 bits per heavy atom. The number of hydrogen-bond acceptors (Lipinski definition) is 9. The molecule has 12 heteroatoms. The number of carbonyl (C=O) groups is 2. The number of Topliss-reactive ketones (excluding diaryl/α,β-unsaturated/α-hetero) is 1. The van der Waals surface area contributed by atoms with Crippen molar-refractivity contribution >= 4 is 54.0 Å². The molecule has 5 atom stereocenters. The largest absolute Gasteiger partial charge is 0.412 e. The van der Waals surface area contributed by atoms with E-state index in [1.54, 1.807) is 0 Å². The summed E-state index contributed by atoms with van der Waals surface area (Å²) in [5, 5.41) is 12.3. The third-order valence-corrected chi connectivity index (χ3v) is 12.8. The van der Waals surface area contributed by atoms with Gasteiger partial charge in [0, 0.05) is 75.7 Å². The number of fused-ring (bicyclic) bond motifs is 5. The first-order valence-electron chi connectivity index (χ1n) is 18.1. The Hall–Kier alpha value is -2.24. The standard InChI is InChI=1S/C37H56N6O3.2ClH.H2O/c1-7-41(8-2)32-24-33(39-34(38-32)42(9-3)10-4)43-21-19-40(20-22-43)25-31(45)37(46)18-15-30-28-12-11-26-23-27(44)13-16-35(26,5)29(28)14-17-36(30,37)6;;;/h14,23-24,28,30,46H,7-13,15-22,25H2,1-6H3;2*1H;1H2/t28-,30+,35+,36+,37+;;;/m1.../s1. The summed E-state index contributed by atoms with van der Waals surface area (Å²) in [5.41, 5.74) is 0.981. The van der Waals surface area contributed by atoms with Crippen LogP contribution in [0.2, 0.25) is 0 Å². The molecule has 4 aliphatic carbocycles. The van der Waals surface area contributed by atoms with E-state index in [1.807, 2.05) is 6.08 Å². The second kappa shape index (κ2) is 16.0. The number of piperazine rings is 1. The van der Waals surface area contributed by atoms with Gasteiger partial charge in [0.15, 0.2) is 11.6 Å². The van der Waals surface area contributed by atoms with Crippen LogP contribution in [0, 0.1) is 22.7 Å². The molecule has 49 heavy (non-hydrogen) atoms. The average molecular weight is 724 g/mol. The summed E-state index contributed by atoms with van der Waals surface area (Å²) in [6.45, 7) is 19.9. The quantitative estimate of drug-likeness (QED) is 0.330. The summed E-state index contributed by atoms with van der Waals surface area (Å²) in [7, 11) is 0. The maximum Gasteiger partial charge on any atom is 0.229 e. The second-order valence-corrected chi connectivity index (χ2v) is 14.8. The van der Waals surface area contributed by atoms with Crippen LogP contribution in [0.5, 0.6) is 0 Å². The van der Waals surface area contributed by atoms with E-state index in [9.17, 15) is 14.7 Å². The summed E-state index contributed by atoms with van der Waals surface area (Å²) >= 11 is 0.